The van der Waals surface area contributed by atoms with E-state index in [4.69, 9.17) is 0 Å². The first-order chi connectivity index (χ1) is 13.2. The Morgan fingerprint density at radius 2 is 1.89 bits per heavy atom. The molecule has 0 spiro atoms. The number of hydrazone groups is 1. The Morgan fingerprint density at radius 1 is 1.14 bits per heavy atom. The number of amides is 1. The minimum absolute atomic E-state index is 0.240. The molecule has 144 valence electrons. The summed E-state index contributed by atoms with van der Waals surface area (Å²) in [4.78, 5) is 24.4. The molecule has 1 aliphatic heterocycles. The number of benzene rings is 2. The summed E-state index contributed by atoms with van der Waals surface area (Å²) in [7, 11) is 0. The fraction of sp³-hybridized carbons (Fsp3) is 0.190. The molecule has 1 heterocycles. The lowest BCUT2D eigenvalue weighted by Gasteiger charge is -2.35. The molecule has 7 nitrogen and oxygen atoms in total. The number of phenolic OH excluding ortho intramolecular Hbond substituents is 2. The molecule has 0 unspecified atom stereocenters. The molecule has 1 aliphatic rings. The van der Waals surface area contributed by atoms with E-state index in [-0.39, 0.29) is 17.0 Å². The van der Waals surface area contributed by atoms with Crippen LogP contribution in [0.15, 0.2) is 53.6 Å². The zero-order chi connectivity index (χ0) is 20.3. The van der Waals surface area contributed by atoms with Gasteiger partial charge in [0.2, 0.25) is 5.78 Å². The van der Waals surface area contributed by atoms with Crippen molar-refractivity contribution in [1.29, 1.82) is 0 Å². The van der Waals surface area contributed by atoms with Crippen LogP contribution in [0.3, 0.4) is 0 Å². The van der Waals surface area contributed by atoms with Crippen LogP contribution in [0.4, 0.5) is 0 Å². The van der Waals surface area contributed by atoms with E-state index in [2.05, 4.69) is 15.8 Å². The number of nitrogens with one attached hydrogen (secondary N) is 2. The lowest BCUT2D eigenvalue weighted by atomic mass is 9.85. The van der Waals surface area contributed by atoms with E-state index in [1.54, 1.807) is 0 Å². The van der Waals surface area contributed by atoms with Gasteiger partial charge in [-0.25, -0.2) is 5.43 Å². The van der Waals surface area contributed by atoms with Crippen LogP contribution in [-0.4, -0.2) is 33.7 Å². The molecule has 0 bridgehead atoms. The molecule has 2 aromatic rings. The minimum Gasteiger partial charge on any atom is -0.504 e. The van der Waals surface area contributed by atoms with Crippen LogP contribution in [0, 0.1) is 0 Å². The number of hydrogen-bond acceptors (Lipinski definition) is 6. The molecule has 1 amide bonds. The molecule has 0 fully saturated rings. The molecule has 0 atom stereocenters. The van der Waals surface area contributed by atoms with Gasteiger partial charge in [-0.05, 0) is 49.6 Å². The standard InChI is InChI=1S/C21H21N3O4/c1-21(2)11-14-5-3-4-6-15(14)16(23-21)10-19(27)20(28)24-22-12-13-7-8-17(25)18(26)9-13/h3-10,12,23,25-26H,11H2,1-2H3,(H,24,28)/b16-10-,22-12-. The van der Waals surface area contributed by atoms with E-state index in [0.717, 1.165) is 17.5 Å². The summed E-state index contributed by atoms with van der Waals surface area (Å²) < 4.78 is 0. The highest BCUT2D eigenvalue weighted by Gasteiger charge is 2.28. The molecule has 0 radical (unpaired) electrons. The van der Waals surface area contributed by atoms with Crippen LogP contribution in [0.5, 0.6) is 11.5 Å². The monoisotopic (exact) mass is 379 g/mol. The van der Waals surface area contributed by atoms with Crippen molar-refractivity contribution in [1.82, 2.24) is 10.7 Å². The fourth-order valence-electron chi connectivity index (χ4n) is 3.04. The van der Waals surface area contributed by atoms with Gasteiger partial charge in [-0.15, -0.1) is 0 Å². The van der Waals surface area contributed by atoms with Crippen molar-refractivity contribution in [3.8, 4) is 11.5 Å². The molecule has 0 aromatic heterocycles. The maximum absolute atomic E-state index is 12.3. The number of phenols is 2. The Kier molecular flexibility index (Phi) is 5.17. The third-order valence-corrected chi connectivity index (χ3v) is 4.29. The van der Waals surface area contributed by atoms with Crippen LogP contribution in [0.1, 0.15) is 30.5 Å². The topological polar surface area (TPSA) is 111 Å². The fourth-order valence-corrected chi connectivity index (χ4v) is 3.04. The molecule has 2 aromatic carbocycles. The average molecular weight is 379 g/mol. The quantitative estimate of drug-likeness (QED) is 0.214. The number of fused-ring (bicyclic) bond motifs is 1. The Morgan fingerprint density at radius 3 is 2.64 bits per heavy atom. The summed E-state index contributed by atoms with van der Waals surface area (Å²) in [6.45, 7) is 4.05. The molecule has 3 rings (SSSR count). The van der Waals surface area contributed by atoms with Crippen molar-refractivity contribution < 1.29 is 19.8 Å². The molecule has 7 heteroatoms. The lowest BCUT2D eigenvalue weighted by molar-refractivity contribution is -0.135. The summed E-state index contributed by atoms with van der Waals surface area (Å²) in [6, 6.07) is 11.8. The van der Waals surface area contributed by atoms with Gasteiger partial charge in [-0.1, -0.05) is 24.3 Å². The number of aromatic hydroxyl groups is 2. The largest absolute Gasteiger partial charge is 0.504 e. The van der Waals surface area contributed by atoms with E-state index < -0.39 is 11.7 Å². The maximum atomic E-state index is 12.3. The zero-order valence-electron chi connectivity index (χ0n) is 15.6. The first-order valence-electron chi connectivity index (χ1n) is 8.73. The second-order valence-electron chi connectivity index (χ2n) is 7.21. The summed E-state index contributed by atoms with van der Waals surface area (Å²) in [5.41, 5.74) is 4.97. The Labute approximate surface area is 162 Å². The Balaban J connectivity index is 1.72. The number of hydrogen-bond donors (Lipinski definition) is 4. The van der Waals surface area contributed by atoms with Crippen molar-refractivity contribution in [2.24, 2.45) is 5.10 Å². The summed E-state index contributed by atoms with van der Waals surface area (Å²) in [6.07, 6.45) is 3.34. The van der Waals surface area contributed by atoms with E-state index in [9.17, 15) is 19.8 Å². The molecule has 0 saturated carbocycles. The number of carbonyl (C=O) groups is 2. The highest BCUT2D eigenvalue weighted by molar-refractivity contribution is 6.41. The van der Waals surface area contributed by atoms with Crippen molar-refractivity contribution in [3.05, 3.63) is 65.2 Å². The normalized spacial score (nSPS) is 16.4. The van der Waals surface area contributed by atoms with Crippen LogP contribution < -0.4 is 10.7 Å². The van der Waals surface area contributed by atoms with Gasteiger partial charge in [0.05, 0.1) is 6.21 Å². The first kappa shape index (κ1) is 19.2. The van der Waals surface area contributed by atoms with Crippen LogP contribution in [0.2, 0.25) is 0 Å². The van der Waals surface area contributed by atoms with E-state index in [0.29, 0.717) is 11.3 Å². The summed E-state index contributed by atoms with van der Waals surface area (Å²) in [5.74, 6) is -2.18. The SMILES string of the molecule is CC1(C)Cc2ccccc2/C(=C/C(=O)C(=O)N/N=C\c2ccc(O)c(O)c2)N1. The van der Waals surface area contributed by atoms with Gasteiger partial charge < -0.3 is 15.5 Å². The maximum Gasteiger partial charge on any atom is 0.311 e. The van der Waals surface area contributed by atoms with E-state index >= 15 is 0 Å². The average Bonchev–Trinajstić information content (AvgIpc) is 2.63. The molecular formula is C21H21N3O4. The lowest BCUT2D eigenvalue weighted by Crippen LogP contribution is -2.44. The van der Waals surface area contributed by atoms with Crippen LogP contribution in [-0.2, 0) is 16.0 Å². The first-order valence-corrected chi connectivity index (χ1v) is 8.73. The predicted octanol–water partition coefficient (Wildman–Crippen LogP) is 2.08. The second-order valence-corrected chi connectivity index (χ2v) is 7.21. The van der Waals surface area contributed by atoms with Gasteiger partial charge in [-0.2, -0.15) is 5.10 Å². The molecule has 28 heavy (non-hydrogen) atoms. The number of ketones is 1. The second kappa shape index (κ2) is 7.56. The van der Waals surface area contributed by atoms with Crippen molar-refractivity contribution in [2.75, 3.05) is 0 Å². The Bertz CT molecular complexity index is 993. The molecular weight excluding hydrogens is 358 g/mol. The highest BCUT2D eigenvalue weighted by atomic mass is 16.3. The van der Waals surface area contributed by atoms with Crippen molar-refractivity contribution in [3.63, 3.8) is 0 Å². The van der Waals surface area contributed by atoms with Gasteiger partial charge in [0.15, 0.2) is 11.5 Å². The highest BCUT2D eigenvalue weighted by Crippen LogP contribution is 2.29. The summed E-state index contributed by atoms with van der Waals surface area (Å²) >= 11 is 0. The molecule has 0 saturated heterocycles. The van der Waals surface area contributed by atoms with Gasteiger partial charge in [0, 0.05) is 22.9 Å². The van der Waals surface area contributed by atoms with Crippen molar-refractivity contribution >= 4 is 23.6 Å². The van der Waals surface area contributed by atoms with Crippen LogP contribution in [0.25, 0.3) is 5.70 Å². The predicted molar refractivity (Wildman–Crippen MR) is 106 cm³/mol. The van der Waals surface area contributed by atoms with E-state index in [1.165, 1.54) is 30.5 Å². The number of carbonyl (C=O) groups excluding carboxylic acids is 2. The van der Waals surface area contributed by atoms with Gasteiger partial charge in [-0.3, -0.25) is 9.59 Å². The number of rotatable bonds is 4. The van der Waals surface area contributed by atoms with Crippen LogP contribution >= 0.6 is 0 Å². The third kappa shape index (κ3) is 4.37. The Hall–Kier alpha value is -3.61. The van der Waals surface area contributed by atoms with E-state index in [1.807, 2.05) is 38.1 Å². The molecule has 4 N–H and O–H groups in total. The van der Waals surface area contributed by atoms with Gasteiger partial charge in [0.25, 0.3) is 0 Å². The zero-order valence-corrected chi connectivity index (χ0v) is 15.6. The van der Waals surface area contributed by atoms with Gasteiger partial charge >= 0.3 is 5.91 Å². The van der Waals surface area contributed by atoms with Crippen molar-refractivity contribution in [2.45, 2.75) is 25.8 Å². The third-order valence-electron chi connectivity index (χ3n) is 4.29. The number of nitrogens with zero attached hydrogens (tertiary/aromatic N) is 1. The summed E-state index contributed by atoms with van der Waals surface area (Å²) in [5, 5.41) is 25.7. The smallest absolute Gasteiger partial charge is 0.311 e. The molecule has 0 aliphatic carbocycles. The van der Waals surface area contributed by atoms with Gasteiger partial charge in [0.1, 0.15) is 0 Å². The minimum atomic E-state index is -0.880.